The van der Waals surface area contributed by atoms with E-state index in [1.54, 1.807) is 19.1 Å². The van der Waals surface area contributed by atoms with Gasteiger partial charge in [-0.3, -0.25) is 0 Å². The second kappa shape index (κ2) is 6.95. The predicted molar refractivity (Wildman–Crippen MR) is 79.4 cm³/mol. The van der Waals surface area contributed by atoms with Crippen molar-refractivity contribution in [3.05, 3.63) is 28.8 Å². The van der Waals surface area contributed by atoms with Crippen LogP contribution in [0.4, 0.5) is 5.69 Å². The minimum Gasteiger partial charge on any atom is -0.462 e. The molecule has 5 heteroatoms. The Morgan fingerprint density at radius 2 is 2.15 bits per heavy atom. The third-order valence-corrected chi connectivity index (χ3v) is 3.97. The third kappa shape index (κ3) is 3.44. The van der Waals surface area contributed by atoms with Crippen LogP contribution in [-0.2, 0) is 4.74 Å². The number of anilines is 1. The minimum atomic E-state index is -0.347. The molecule has 1 N–H and O–H groups in total. The number of hydrogen-bond acceptors (Lipinski definition) is 4. The molecule has 0 aliphatic carbocycles. The second-order valence-corrected chi connectivity index (χ2v) is 5.41. The topological polar surface area (TPSA) is 49.8 Å². The summed E-state index contributed by atoms with van der Waals surface area (Å²) in [6.07, 6.45) is 1.93. The quantitative estimate of drug-likeness (QED) is 0.868. The van der Waals surface area contributed by atoms with E-state index in [1.807, 2.05) is 6.07 Å². The molecule has 110 valence electrons. The van der Waals surface area contributed by atoms with E-state index >= 15 is 0 Å². The summed E-state index contributed by atoms with van der Waals surface area (Å²) >= 11 is 6.28. The summed E-state index contributed by atoms with van der Waals surface area (Å²) in [5.74, 6) is 0.0452. The first-order chi connectivity index (χ1) is 9.65. The lowest BCUT2D eigenvalue weighted by Crippen LogP contribution is -2.34. The monoisotopic (exact) mass is 297 g/mol. The third-order valence-electron chi connectivity index (χ3n) is 3.67. The molecule has 1 aromatic rings. The van der Waals surface area contributed by atoms with E-state index in [9.17, 15) is 4.79 Å². The molecule has 4 nitrogen and oxygen atoms in total. The number of carbonyl (C=O) groups is 1. The smallest absolute Gasteiger partial charge is 0.338 e. The molecule has 1 fully saturated rings. The van der Waals surface area contributed by atoms with Crippen molar-refractivity contribution in [3.63, 3.8) is 0 Å². The molecule has 0 aromatic heterocycles. The SMILES string of the molecule is CCOC(=O)c1ccc(N2CCC(CO)CC2)c(Cl)c1. The highest BCUT2D eigenvalue weighted by Crippen LogP contribution is 2.30. The fourth-order valence-corrected chi connectivity index (χ4v) is 2.76. The van der Waals surface area contributed by atoms with Gasteiger partial charge in [-0.2, -0.15) is 0 Å². The molecular weight excluding hydrogens is 278 g/mol. The van der Waals surface area contributed by atoms with Gasteiger partial charge in [0.05, 0.1) is 22.9 Å². The lowest BCUT2D eigenvalue weighted by atomic mass is 9.97. The van der Waals surface area contributed by atoms with Crippen molar-refractivity contribution >= 4 is 23.3 Å². The molecule has 2 rings (SSSR count). The lowest BCUT2D eigenvalue weighted by molar-refractivity contribution is 0.0526. The van der Waals surface area contributed by atoms with E-state index in [0.717, 1.165) is 31.6 Å². The minimum absolute atomic E-state index is 0.253. The zero-order valence-corrected chi connectivity index (χ0v) is 12.4. The molecule has 20 heavy (non-hydrogen) atoms. The molecule has 0 radical (unpaired) electrons. The highest BCUT2D eigenvalue weighted by molar-refractivity contribution is 6.33. The summed E-state index contributed by atoms with van der Waals surface area (Å²) in [5.41, 5.74) is 1.42. The first-order valence-corrected chi connectivity index (χ1v) is 7.36. The number of benzene rings is 1. The molecule has 1 aliphatic rings. The van der Waals surface area contributed by atoms with Crippen LogP contribution in [0.25, 0.3) is 0 Å². The number of ether oxygens (including phenoxy) is 1. The van der Waals surface area contributed by atoms with Gasteiger partial charge in [-0.1, -0.05) is 11.6 Å². The van der Waals surface area contributed by atoms with Crippen molar-refractivity contribution in [2.75, 3.05) is 31.2 Å². The molecule has 0 spiro atoms. The van der Waals surface area contributed by atoms with Crippen LogP contribution in [0.5, 0.6) is 0 Å². The summed E-state index contributed by atoms with van der Waals surface area (Å²) in [4.78, 5) is 13.8. The number of halogens is 1. The van der Waals surface area contributed by atoms with Crippen molar-refractivity contribution in [2.24, 2.45) is 5.92 Å². The van der Waals surface area contributed by atoms with Gasteiger partial charge >= 0.3 is 5.97 Å². The van der Waals surface area contributed by atoms with Gasteiger partial charge in [-0.25, -0.2) is 4.79 Å². The number of piperidine rings is 1. The molecule has 0 amide bonds. The first kappa shape index (κ1) is 15.1. The largest absolute Gasteiger partial charge is 0.462 e. The number of carbonyl (C=O) groups excluding carboxylic acids is 1. The van der Waals surface area contributed by atoms with Gasteiger partial charge in [-0.15, -0.1) is 0 Å². The van der Waals surface area contributed by atoms with Crippen LogP contribution in [-0.4, -0.2) is 37.4 Å². The maximum Gasteiger partial charge on any atom is 0.338 e. The van der Waals surface area contributed by atoms with E-state index in [0.29, 0.717) is 23.1 Å². The molecule has 0 unspecified atom stereocenters. The Kier molecular flexibility index (Phi) is 5.26. The van der Waals surface area contributed by atoms with Crippen LogP contribution in [0.15, 0.2) is 18.2 Å². The molecule has 1 aliphatic heterocycles. The first-order valence-electron chi connectivity index (χ1n) is 6.98. The van der Waals surface area contributed by atoms with Crippen molar-refractivity contribution in [1.82, 2.24) is 0 Å². The van der Waals surface area contributed by atoms with Gasteiger partial charge in [-0.05, 0) is 43.9 Å². The van der Waals surface area contributed by atoms with E-state index in [2.05, 4.69) is 4.90 Å². The molecule has 1 aromatic carbocycles. The van der Waals surface area contributed by atoms with Crippen LogP contribution < -0.4 is 4.90 Å². The lowest BCUT2D eigenvalue weighted by Gasteiger charge is -2.33. The van der Waals surface area contributed by atoms with Crippen LogP contribution in [0.2, 0.25) is 5.02 Å². The standard InChI is InChI=1S/C15H20ClNO3/c1-2-20-15(19)12-3-4-14(13(16)9-12)17-7-5-11(10-18)6-8-17/h3-4,9,11,18H,2,5-8,10H2,1H3. The summed E-state index contributed by atoms with van der Waals surface area (Å²) in [7, 11) is 0. The molecule has 1 saturated heterocycles. The Hall–Kier alpha value is -1.26. The number of nitrogens with zero attached hydrogens (tertiary/aromatic N) is 1. The van der Waals surface area contributed by atoms with Gasteiger partial charge in [0.25, 0.3) is 0 Å². The van der Waals surface area contributed by atoms with Crippen molar-refractivity contribution in [3.8, 4) is 0 Å². The maximum absolute atomic E-state index is 11.6. The number of aliphatic hydroxyl groups is 1. The number of hydrogen-bond donors (Lipinski definition) is 1. The fourth-order valence-electron chi connectivity index (χ4n) is 2.46. The second-order valence-electron chi connectivity index (χ2n) is 5.00. The van der Waals surface area contributed by atoms with Crippen molar-refractivity contribution in [1.29, 1.82) is 0 Å². The van der Waals surface area contributed by atoms with E-state index in [-0.39, 0.29) is 12.6 Å². The van der Waals surface area contributed by atoms with Gasteiger partial charge in [0.15, 0.2) is 0 Å². The van der Waals surface area contributed by atoms with Crippen LogP contribution >= 0.6 is 11.6 Å². The van der Waals surface area contributed by atoms with Crippen LogP contribution in [0, 0.1) is 5.92 Å². The van der Waals surface area contributed by atoms with Crippen LogP contribution in [0.3, 0.4) is 0 Å². The summed E-state index contributed by atoms with van der Waals surface area (Å²) in [6, 6.07) is 5.28. The Morgan fingerprint density at radius 1 is 1.45 bits per heavy atom. The van der Waals surface area contributed by atoms with E-state index in [4.69, 9.17) is 21.4 Å². The van der Waals surface area contributed by atoms with Gasteiger partial charge in [0, 0.05) is 19.7 Å². The Labute approximate surface area is 124 Å². The average molecular weight is 298 g/mol. The highest BCUT2D eigenvalue weighted by Gasteiger charge is 2.21. The fraction of sp³-hybridized carbons (Fsp3) is 0.533. The maximum atomic E-state index is 11.6. The molecule has 0 saturated carbocycles. The van der Waals surface area contributed by atoms with Gasteiger partial charge < -0.3 is 14.7 Å². The molecule has 0 atom stereocenters. The van der Waals surface area contributed by atoms with E-state index in [1.165, 1.54) is 0 Å². The molecule has 0 bridgehead atoms. The number of esters is 1. The summed E-state index contributed by atoms with van der Waals surface area (Å²) in [6.45, 7) is 4.14. The molecule has 1 heterocycles. The van der Waals surface area contributed by atoms with Crippen molar-refractivity contribution < 1.29 is 14.6 Å². The van der Waals surface area contributed by atoms with Gasteiger partial charge in [0.2, 0.25) is 0 Å². The predicted octanol–water partition coefficient (Wildman–Crippen LogP) is 2.73. The average Bonchev–Trinajstić information content (AvgIpc) is 2.47. The van der Waals surface area contributed by atoms with Crippen molar-refractivity contribution in [2.45, 2.75) is 19.8 Å². The van der Waals surface area contributed by atoms with Crippen LogP contribution in [0.1, 0.15) is 30.1 Å². The summed E-state index contributed by atoms with van der Waals surface area (Å²) in [5, 5.41) is 9.72. The van der Waals surface area contributed by atoms with E-state index < -0.39 is 0 Å². The molecular formula is C15H20ClNO3. The zero-order chi connectivity index (χ0) is 14.5. The normalized spacial score (nSPS) is 16.2. The number of rotatable bonds is 4. The Morgan fingerprint density at radius 3 is 2.70 bits per heavy atom. The zero-order valence-electron chi connectivity index (χ0n) is 11.6. The number of aliphatic hydroxyl groups excluding tert-OH is 1. The van der Waals surface area contributed by atoms with Gasteiger partial charge in [0.1, 0.15) is 0 Å². The Bertz CT molecular complexity index is 470. The highest BCUT2D eigenvalue weighted by atomic mass is 35.5. The summed E-state index contributed by atoms with van der Waals surface area (Å²) < 4.78 is 4.96. The Balaban J connectivity index is 2.08.